The number of carbonyl (C=O) groups excluding carboxylic acids is 2. The van der Waals surface area contributed by atoms with E-state index in [2.05, 4.69) is 5.32 Å². The lowest BCUT2D eigenvalue weighted by Crippen LogP contribution is -2.52. The lowest BCUT2D eigenvalue weighted by Gasteiger charge is -2.34. The highest BCUT2D eigenvalue weighted by atomic mass is 16.5. The van der Waals surface area contributed by atoms with E-state index in [-0.39, 0.29) is 12.2 Å². The van der Waals surface area contributed by atoms with Crippen molar-refractivity contribution in [3.8, 4) is 0 Å². The van der Waals surface area contributed by atoms with E-state index >= 15 is 0 Å². The average molecular weight is 244 g/mol. The smallest absolute Gasteiger partial charge is 0.312 e. The number of amides is 2. The normalized spacial score (nSPS) is 24.5. The van der Waals surface area contributed by atoms with Crippen LogP contribution < -0.4 is 5.32 Å². The van der Waals surface area contributed by atoms with Crippen LogP contribution in [0.5, 0.6) is 0 Å². The molecule has 98 valence electrons. The first-order chi connectivity index (χ1) is 8.04. The van der Waals surface area contributed by atoms with E-state index in [0.717, 1.165) is 0 Å². The monoisotopic (exact) mass is 244 g/mol. The quantitative estimate of drug-likeness (QED) is 0.531. The van der Waals surface area contributed by atoms with Gasteiger partial charge in [-0.2, -0.15) is 0 Å². The summed E-state index contributed by atoms with van der Waals surface area (Å²) in [6, 6.07) is 0. The molecule has 0 radical (unpaired) electrons. The second-order valence-electron chi connectivity index (χ2n) is 4.22. The number of hydrogen-bond acceptors (Lipinski definition) is 4. The molecule has 1 aliphatic heterocycles. The third-order valence-corrected chi connectivity index (χ3v) is 2.49. The maximum Gasteiger partial charge on any atom is 0.312 e. The lowest BCUT2D eigenvalue weighted by atomic mass is 10.2. The molecule has 1 fully saturated rings. The zero-order chi connectivity index (χ0) is 12.8. The van der Waals surface area contributed by atoms with Crippen molar-refractivity contribution in [3.05, 3.63) is 0 Å². The molecule has 0 saturated carbocycles. The molecule has 6 heteroatoms. The average Bonchev–Trinajstić information content (AvgIpc) is 2.27. The maximum atomic E-state index is 11.8. The number of nitrogens with one attached hydrogen (secondary N) is 1. The number of hydrogen-bond donors (Lipinski definition) is 1. The molecule has 0 aromatic rings. The van der Waals surface area contributed by atoms with E-state index in [1.807, 2.05) is 13.8 Å². The number of morpholine rings is 1. The zero-order valence-electron chi connectivity index (χ0n) is 10.6. The van der Waals surface area contributed by atoms with Crippen LogP contribution in [0.15, 0.2) is 0 Å². The molecular weight excluding hydrogens is 224 g/mol. The first-order valence-corrected chi connectivity index (χ1v) is 5.76. The zero-order valence-corrected chi connectivity index (χ0v) is 10.6. The molecule has 2 amide bonds. The number of nitrogens with zero attached hydrogens (tertiary/aromatic N) is 1. The summed E-state index contributed by atoms with van der Waals surface area (Å²) in [5.41, 5.74) is 0. The van der Waals surface area contributed by atoms with Gasteiger partial charge in [0.05, 0.1) is 18.8 Å². The Morgan fingerprint density at radius 3 is 2.47 bits per heavy atom. The molecule has 1 heterocycles. The van der Waals surface area contributed by atoms with Gasteiger partial charge in [-0.05, 0) is 13.8 Å². The van der Waals surface area contributed by atoms with Gasteiger partial charge >= 0.3 is 11.8 Å². The van der Waals surface area contributed by atoms with Crippen LogP contribution in [0, 0.1) is 0 Å². The van der Waals surface area contributed by atoms with Crippen molar-refractivity contribution in [1.29, 1.82) is 0 Å². The van der Waals surface area contributed by atoms with Crippen molar-refractivity contribution >= 4 is 11.8 Å². The van der Waals surface area contributed by atoms with Crippen LogP contribution in [0.2, 0.25) is 0 Å². The van der Waals surface area contributed by atoms with E-state index < -0.39 is 11.8 Å². The SMILES string of the molecule is COCCNC(=O)C(=O)N1CC(C)OC(C)C1. The molecule has 2 unspecified atom stereocenters. The Labute approximate surface area is 101 Å². The van der Waals surface area contributed by atoms with E-state index in [0.29, 0.717) is 26.2 Å². The second kappa shape index (κ2) is 6.56. The predicted molar refractivity (Wildman–Crippen MR) is 61.5 cm³/mol. The molecule has 1 N–H and O–H groups in total. The topological polar surface area (TPSA) is 67.9 Å². The van der Waals surface area contributed by atoms with Crippen molar-refractivity contribution in [1.82, 2.24) is 10.2 Å². The minimum Gasteiger partial charge on any atom is -0.383 e. The molecule has 1 aliphatic rings. The van der Waals surface area contributed by atoms with Crippen molar-refractivity contribution in [2.24, 2.45) is 0 Å². The maximum absolute atomic E-state index is 11.8. The third-order valence-electron chi connectivity index (χ3n) is 2.49. The first kappa shape index (κ1) is 13.9. The number of ether oxygens (including phenoxy) is 2. The Morgan fingerprint density at radius 1 is 1.35 bits per heavy atom. The molecule has 0 bridgehead atoms. The van der Waals surface area contributed by atoms with Gasteiger partial charge in [0.25, 0.3) is 0 Å². The van der Waals surface area contributed by atoms with Crippen molar-refractivity contribution in [3.63, 3.8) is 0 Å². The van der Waals surface area contributed by atoms with Crippen LogP contribution in [-0.4, -0.2) is 62.3 Å². The Hall–Kier alpha value is -1.14. The molecule has 2 atom stereocenters. The lowest BCUT2D eigenvalue weighted by molar-refractivity contribution is -0.153. The molecular formula is C11H20N2O4. The summed E-state index contributed by atoms with van der Waals surface area (Å²) in [5.74, 6) is -1.08. The van der Waals surface area contributed by atoms with Gasteiger partial charge < -0.3 is 19.7 Å². The van der Waals surface area contributed by atoms with Crippen molar-refractivity contribution in [2.45, 2.75) is 26.1 Å². The molecule has 1 rings (SSSR count). The Balaban J connectivity index is 2.42. The summed E-state index contributed by atoms with van der Waals surface area (Å²) in [6.07, 6.45) is -0.0658. The van der Waals surface area contributed by atoms with Gasteiger partial charge in [-0.1, -0.05) is 0 Å². The summed E-state index contributed by atoms with van der Waals surface area (Å²) in [7, 11) is 1.54. The van der Waals surface area contributed by atoms with Crippen LogP contribution in [0.4, 0.5) is 0 Å². The second-order valence-corrected chi connectivity index (χ2v) is 4.22. The fourth-order valence-electron chi connectivity index (χ4n) is 1.83. The minimum absolute atomic E-state index is 0.0329. The Morgan fingerprint density at radius 2 is 1.94 bits per heavy atom. The Kier molecular flexibility index (Phi) is 5.37. The van der Waals surface area contributed by atoms with Gasteiger partial charge in [-0.15, -0.1) is 0 Å². The van der Waals surface area contributed by atoms with E-state index in [1.54, 1.807) is 7.11 Å². The molecule has 6 nitrogen and oxygen atoms in total. The predicted octanol–water partition coefficient (Wildman–Crippen LogP) is -0.615. The van der Waals surface area contributed by atoms with Crippen molar-refractivity contribution in [2.75, 3.05) is 33.4 Å². The fourth-order valence-corrected chi connectivity index (χ4v) is 1.83. The van der Waals surface area contributed by atoms with Crippen LogP contribution >= 0.6 is 0 Å². The van der Waals surface area contributed by atoms with Crippen LogP contribution in [0.25, 0.3) is 0 Å². The van der Waals surface area contributed by atoms with Crippen molar-refractivity contribution < 1.29 is 19.1 Å². The minimum atomic E-state index is -0.580. The van der Waals surface area contributed by atoms with Gasteiger partial charge in [0.15, 0.2) is 0 Å². The van der Waals surface area contributed by atoms with Gasteiger partial charge in [0.2, 0.25) is 0 Å². The number of carbonyl (C=O) groups is 2. The van der Waals surface area contributed by atoms with E-state index in [4.69, 9.17) is 9.47 Å². The van der Waals surface area contributed by atoms with Gasteiger partial charge in [0.1, 0.15) is 0 Å². The summed E-state index contributed by atoms with van der Waals surface area (Å²) in [5, 5.41) is 2.51. The third kappa shape index (κ3) is 4.32. The first-order valence-electron chi connectivity index (χ1n) is 5.76. The Bertz CT molecular complexity index is 273. The summed E-state index contributed by atoms with van der Waals surface area (Å²) in [6.45, 7) is 5.44. The summed E-state index contributed by atoms with van der Waals surface area (Å²) in [4.78, 5) is 24.9. The van der Waals surface area contributed by atoms with Gasteiger partial charge in [-0.3, -0.25) is 9.59 Å². The summed E-state index contributed by atoms with van der Waals surface area (Å²) < 4.78 is 10.3. The summed E-state index contributed by atoms with van der Waals surface area (Å²) >= 11 is 0. The fraction of sp³-hybridized carbons (Fsp3) is 0.818. The highest BCUT2D eigenvalue weighted by molar-refractivity contribution is 6.35. The molecule has 1 saturated heterocycles. The highest BCUT2D eigenvalue weighted by Gasteiger charge is 2.29. The molecule has 0 aliphatic carbocycles. The van der Waals surface area contributed by atoms with E-state index in [9.17, 15) is 9.59 Å². The number of rotatable bonds is 3. The molecule has 17 heavy (non-hydrogen) atoms. The molecule has 0 aromatic carbocycles. The number of methoxy groups -OCH3 is 1. The van der Waals surface area contributed by atoms with Crippen LogP contribution in [-0.2, 0) is 19.1 Å². The van der Waals surface area contributed by atoms with Crippen LogP contribution in [0.3, 0.4) is 0 Å². The highest BCUT2D eigenvalue weighted by Crippen LogP contribution is 2.10. The van der Waals surface area contributed by atoms with Gasteiger partial charge in [0, 0.05) is 26.7 Å². The standard InChI is InChI=1S/C11H20N2O4/c1-8-6-13(7-9(2)17-8)11(15)10(14)12-4-5-16-3/h8-9H,4-7H2,1-3H3,(H,12,14). The van der Waals surface area contributed by atoms with Crippen LogP contribution in [0.1, 0.15) is 13.8 Å². The largest absolute Gasteiger partial charge is 0.383 e. The molecule has 0 aromatic heterocycles. The molecule has 0 spiro atoms. The van der Waals surface area contributed by atoms with Gasteiger partial charge in [-0.25, -0.2) is 0 Å². The van der Waals surface area contributed by atoms with E-state index in [1.165, 1.54) is 4.90 Å².